The third-order valence-electron chi connectivity index (χ3n) is 3.22. The Morgan fingerprint density at radius 1 is 0.850 bits per heavy atom. The molecule has 98 valence electrons. The predicted molar refractivity (Wildman–Crippen MR) is 84.2 cm³/mol. The first-order chi connectivity index (χ1) is 9.83. The lowest BCUT2D eigenvalue weighted by atomic mass is 10.0. The van der Waals surface area contributed by atoms with Crippen molar-refractivity contribution in [2.45, 2.75) is 6.42 Å². The maximum absolute atomic E-state index is 12.1. The fraction of sp³-hybridized carbons (Fsp3) is 0.0556. The highest BCUT2D eigenvalue weighted by Crippen LogP contribution is 2.24. The van der Waals surface area contributed by atoms with Gasteiger partial charge in [0.15, 0.2) is 5.78 Å². The SMILES string of the molecule is O=C(Cc1ccc(-c2cccs2)cc1)c1ccccc1. The molecule has 0 saturated carbocycles. The maximum atomic E-state index is 12.1. The Balaban J connectivity index is 1.74. The number of benzene rings is 2. The quantitative estimate of drug-likeness (QED) is 0.624. The van der Waals surface area contributed by atoms with Crippen LogP contribution in [0.2, 0.25) is 0 Å². The first-order valence-electron chi connectivity index (χ1n) is 6.54. The highest BCUT2D eigenvalue weighted by atomic mass is 32.1. The summed E-state index contributed by atoms with van der Waals surface area (Å²) < 4.78 is 0. The number of thiophene rings is 1. The number of rotatable bonds is 4. The average molecular weight is 278 g/mol. The Morgan fingerprint density at radius 2 is 1.60 bits per heavy atom. The summed E-state index contributed by atoms with van der Waals surface area (Å²) in [5, 5.41) is 2.07. The number of hydrogen-bond donors (Lipinski definition) is 0. The molecule has 1 aromatic heterocycles. The van der Waals surface area contributed by atoms with E-state index in [1.807, 2.05) is 48.5 Å². The predicted octanol–water partition coefficient (Wildman–Crippen LogP) is 4.84. The van der Waals surface area contributed by atoms with Crippen LogP contribution in [0.15, 0.2) is 72.1 Å². The summed E-state index contributed by atoms with van der Waals surface area (Å²) >= 11 is 1.73. The largest absolute Gasteiger partial charge is 0.294 e. The van der Waals surface area contributed by atoms with Crippen molar-refractivity contribution in [1.29, 1.82) is 0 Å². The lowest BCUT2D eigenvalue weighted by Crippen LogP contribution is -2.02. The van der Waals surface area contributed by atoms with Crippen molar-refractivity contribution >= 4 is 17.1 Å². The molecule has 2 aromatic carbocycles. The van der Waals surface area contributed by atoms with E-state index < -0.39 is 0 Å². The van der Waals surface area contributed by atoms with Gasteiger partial charge in [0, 0.05) is 16.9 Å². The Bertz CT molecular complexity index is 682. The molecule has 0 N–H and O–H groups in total. The molecule has 0 fully saturated rings. The van der Waals surface area contributed by atoms with Crippen LogP contribution in [0.3, 0.4) is 0 Å². The topological polar surface area (TPSA) is 17.1 Å². The van der Waals surface area contributed by atoms with Crippen LogP contribution in [0, 0.1) is 0 Å². The second kappa shape index (κ2) is 5.85. The summed E-state index contributed by atoms with van der Waals surface area (Å²) in [7, 11) is 0. The highest BCUT2D eigenvalue weighted by molar-refractivity contribution is 7.13. The molecule has 0 unspecified atom stereocenters. The van der Waals surface area contributed by atoms with Crippen LogP contribution >= 0.6 is 11.3 Å². The van der Waals surface area contributed by atoms with Crippen molar-refractivity contribution in [2.24, 2.45) is 0 Å². The van der Waals surface area contributed by atoms with Crippen LogP contribution in [-0.2, 0) is 6.42 Å². The molecular formula is C18H14OS. The summed E-state index contributed by atoms with van der Waals surface area (Å²) in [6.45, 7) is 0. The summed E-state index contributed by atoms with van der Waals surface area (Å²) in [4.78, 5) is 13.4. The van der Waals surface area contributed by atoms with Crippen LogP contribution in [0.1, 0.15) is 15.9 Å². The van der Waals surface area contributed by atoms with Gasteiger partial charge in [-0.3, -0.25) is 4.79 Å². The second-order valence-corrected chi connectivity index (χ2v) is 5.59. The summed E-state index contributed by atoms with van der Waals surface area (Å²) in [6.07, 6.45) is 0.453. The van der Waals surface area contributed by atoms with Gasteiger partial charge in [-0.15, -0.1) is 11.3 Å². The Hall–Kier alpha value is -2.19. The van der Waals surface area contributed by atoms with E-state index in [-0.39, 0.29) is 5.78 Å². The molecule has 0 atom stereocenters. The molecule has 0 amide bonds. The Morgan fingerprint density at radius 3 is 2.25 bits per heavy atom. The second-order valence-electron chi connectivity index (χ2n) is 4.64. The van der Waals surface area contributed by atoms with Gasteiger partial charge in [0.2, 0.25) is 0 Å². The highest BCUT2D eigenvalue weighted by Gasteiger charge is 2.06. The van der Waals surface area contributed by atoms with Gasteiger partial charge in [-0.1, -0.05) is 60.7 Å². The molecule has 0 bridgehead atoms. The van der Waals surface area contributed by atoms with Crippen molar-refractivity contribution in [1.82, 2.24) is 0 Å². The molecule has 1 heterocycles. The van der Waals surface area contributed by atoms with Gasteiger partial charge in [0.05, 0.1) is 0 Å². The standard InChI is InChI=1S/C18H14OS/c19-17(15-5-2-1-3-6-15)13-14-8-10-16(11-9-14)18-7-4-12-20-18/h1-12H,13H2. The summed E-state index contributed by atoms with van der Waals surface area (Å²) in [5.74, 6) is 0.162. The maximum Gasteiger partial charge on any atom is 0.167 e. The number of carbonyl (C=O) groups excluding carboxylic acids is 1. The third kappa shape index (κ3) is 2.86. The van der Waals surface area contributed by atoms with E-state index in [2.05, 4.69) is 23.6 Å². The van der Waals surface area contributed by atoms with Gasteiger partial charge in [0.25, 0.3) is 0 Å². The van der Waals surface area contributed by atoms with E-state index in [1.54, 1.807) is 11.3 Å². The van der Waals surface area contributed by atoms with E-state index in [0.29, 0.717) is 6.42 Å². The van der Waals surface area contributed by atoms with Crippen LogP contribution in [0.25, 0.3) is 10.4 Å². The van der Waals surface area contributed by atoms with Crippen molar-refractivity contribution in [3.8, 4) is 10.4 Å². The number of ketones is 1. The summed E-state index contributed by atoms with van der Waals surface area (Å²) in [5.41, 5.74) is 3.03. The smallest absolute Gasteiger partial charge is 0.167 e. The fourth-order valence-electron chi connectivity index (χ4n) is 2.14. The van der Waals surface area contributed by atoms with Crippen LogP contribution in [0.5, 0.6) is 0 Å². The average Bonchev–Trinajstić information content (AvgIpc) is 3.03. The van der Waals surface area contributed by atoms with Gasteiger partial charge in [-0.25, -0.2) is 0 Å². The zero-order valence-electron chi connectivity index (χ0n) is 11.0. The first-order valence-corrected chi connectivity index (χ1v) is 7.42. The van der Waals surface area contributed by atoms with Crippen molar-refractivity contribution in [2.75, 3.05) is 0 Å². The molecule has 0 aliphatic carbocycles. The van der Waals surface area contributed by atoms with Gasteiger partial charge in [-0.05, 0) is 22.6 Å². The van der Waals surface area contributed by atoms with Crippen LogP contribution in [-0.4, -0.2) is 5.78 Å². The van der Waals surface area contributed by atoms with Crippen LogP contribution in [0.4, 0.5) is 0 Å². The van der Waals surface area contributed by atoms with E-state index in [9.17, 15) is 4.79 Å². The first kappa shape index (κ1) is 12.8. The van der Waals surface area contributed by atoms with Gasteiger partial charge in [0.1, 0.15) is 0 Å². The molecule has 1 nitrogen and oxygen atoms in total. The van der Waals surface area contributed by atoms with Crippen molar-refractivity contribution in [3.63, 3.8) is 0 Å². The molecule has 0 aliphatic heterocycles. The van der Waals surface area contributed by atoms with E-state index >= 15 is 0 Å². The van der Waals surface area contributed by atoms with Crippen molar-refractivity contribution < 1.29 is 4.79 Å². The van der Waals surface area contributed by atoms with Gasteiger partial charge >= 0.3 is 0 Å². The molecule has 20 heavy (non-hydrogen) atoms. The molecule has 3 aromatic rings. The molecule has 0 aliphatic rings. The number of hydrogen-bond acceptors (Lipinski definition) is 2. The minimum atomic E-state index is 0.162. The monoisotopic (exact) mass is 278 g/mol. The zero-order valence-corrected chi connectivity index (χ0v) is 11.8. The van der Waals surface area contributed by atoms with Gasteiger partial charge in [-0.2, -0.15) is 0 Å². The fourth-order valence-corrected chi connectivity index (χ4v) is 2.87. The Kier molecular flexibility index (Phi) is 3.75. The zero-order chi connectivity index (χ0) is 13.8. The van der Waals surface area contributed by atoms with Gasteiger partial charge < -0.3 is 0 Å². The minimum Gasteiger partial charge on any atom is -0.294 e. The van der Waals surface area contributed by atoms with Crippen molar-refractivity contribution in [3.05, 3.63) is 83.2 Å². The molecular weight excluding hydrogens is 264 g/mol. The Labute approximate surface area is 122 Å². The lowest BCUT2D eigenvalue weighted by Gasteiger charge is -2.03. The number of Topliss-reactive ketones (excluding diaryl/α,β-unsaturated/α-hetero) is 1. The lowest BCUT2D eigenvalue weighted by molar-refractivity contribution is 0.0993. The molecule has 0 spiro atoms. The third-order valence-corrected chi connectivity index (χ3v) is 4.14. The molecule has 0 saturated heterocycles. The normalized spacial score (nSPS) is 10.4. The molecule has 3 rings (SSSR count). The van der Waals surface area contributed by atoms with Crippen LogP contribution < -0.4 is 0 Å². The van der Waals surface area contributed by atoms with E-state index in [1.165, 1.54) is 10.4 Å². The minimum absolute atomic E-state index is 0.162. The van der Waals surface area contributed by atoms with E-state index in [0.717, 1.165) is 11.1 Å². The molecule has 2 heteroatoms. The van der Waals surface area contributed by atoms with E-state index in [4.69, 9.17) is 0 Å². The summed E-state index contributed by atoms with van der Waals surface area (Å²) in [6, 6.07) is 21.8. The number of carbonyl (C=O) groups is 1. The molecule has 0 radical (unpaired) electrons.